The molecule has 112 valence electrons. The number of piperidine rings is 1. The number of carbonyl (C=O) groups excluding carboxylic acids is 1. The van der Waals surface area contributed by atoms with Crippen LogP contribution in [0.15, 0.2) is 30.3 Å². The van der Waals surface area contributed by atoms with E-state index in [2.05, 4.69) is 23.1 Å². The quantitative estimate of drug-likeness (QED) is 0.854. The van der Waals surface area contributed by atoms with Gasteiger partial charge in [0.25, 0.3) is 0 Å². The molecular formula is C15H15F3NO2+. The van der Waals surface area contributed by atoms with Gasteiger partial charge in [0, 0.05) is 18.3 Å². The Morgan fingerprint density at radius 2 is 1.86 bits per heavy atom. The van der Waals surface area contributed by atoms with Crippen molar-refractivity contribution in [3.05, 3.63) is 41.5 Å². The van der Waals surface area contributed by atoms with E-state index in [1.165, 1.54) is 5.56 Å². The maximum atomic E-state index is 12.2. The summed E-state index contributed by atoms with van der Waals surface area (Å²) in [5.74, 6) is -2.11. The van der Waals surface area contributed by atoms with Crippen LogP contribution in [0.4, 0.5) is 13.2 Å². The lowest BCUT2D eigenvalue weighted by Gasteiger charge is -2.35. The third kappa shape index (κ3) is 2.55. The lowest BCUT2D eigenvalue weighted by atomic mass is 9.75. The highest BCUT2D eigenvalue weighted by Gasteiger charge is 2.46. The fourth-order valence-electron chi connectivity index (χ4n) is 3.14. The van der Waals surface area contributed by atoms with Gasteiger partial charge in [-0.25, -0.2) is 4.79 Å². The van der Waals surface area contributed by atoms with Crippen molar-refractivity contribution in [2.75, 3.05) is 13.1 Å². The highest BCUT2D eigenvalue weighted by molar-refractivity contribution is 5.74. The van der Waals surface area contributed by atoms with Crippen LogP contribution in [0.1, 0.15) is 24.0 Å². The molecule has 2 aliphatic rings. The molecule has 1 aliphatic carbocycles. The van der Waals surface area contributed by atoms with Crippen molar-refractivity contribution in [3.8, 4) is 0 Å². The van der Waals surface area contributed by atoms with Crippen LogP contribution in [0.2, 0.25) is 0 Å². The molecule has 1 aromatic rings. The molecule has 0 atom stereocenters. The first-order valence-corrected chi connectivity index (χ1v) is 6.83. The summed E-state index contributed by atoms with van der Waals surface area (Å²) in [5, 5.41) is 0.237. The fourth-order valence-corrected chi connectivity index (χ4v) is 3.14. The molecular weight excluding hydrogens is 283 g/mol. The van der Waals surface area contributed by atoms with E-state index in [1.807, 2.05) is 18.2 Å². The van der Waals surface area contributed by atoms with Crippen molar-refractivity contribution in [1.82, 2.24) is 0 Å². The van der Waals surface area contributed by atoms with E-state index in [4.69, 9.17) is 0 Å². The SMILES string of the molecule is O=C(O[NH+]1CCC2(C=Cc3ccccc32)CC1)C(F)(F)F. The number of rotatable bonds is 1. The maximum Gasteiger partial charge on any atom is 0.497 e. The Labute approximate surface area is 120 Å². The highest BCUT2D eigenvalue weighted by Crippen LogP contribution is 2.41. The first-order chi connectivity index (χ1) is 9.91. The van der Waals surface area contributed by atoms with E-state index in [9.17, 15) is 18.0 Å². The van der Waals surface area contributed by atoms with Gasteiger partial charge < -0.3 is 0 Å². The number of hydrogen-bond acceptors (Lipinski definition) is 2. The normalized spacial score (nSPS) is 27.7. The molecule has 0 saturated carbocycles. The monoisotopic (exact) mass is 298 g/mol. The van der Waals surface area contributed by atoms with Gasteiger partial charge in [-0.3, -0.25) is 4.84 Å². The average Bonchev–Trinajstić information content (AvgIpc) is 2.80. The zero-order chi connectivity index (χ0) is 15.1. The lowest BCUT2D eigenvalue weighted by molar-refractivity contribution is -1.08. The number of benzene rings is 1. The molecule has 0 aromatic heterocycles. The summed E-state index contributed by atoms with van der Waals surface area (Å²) in [6.07, 6.45) is 0.589. The van der Waals surface area contributed by atoms with E-state index in [0.29, 0.717) is 25.9 Å². The van der Waals surface area contributed by atoms with Gasteiger partial charge in [-0.2, -0.15) is 13.2 Å². The third-order valence-corrected chi connectivity index (χ3v) is 4.25. The smallest absolute Gasteiger partial charge is 0.268 e. The Hall–Kier alpha value is -1.82. The van der Waals surface area contributed by atoms with Crippen LogP contribution in [0, 0.1) is 0 Å². The standard InChI is InChI=1S/C15H14F3NO2/c16-15(17,18)13(20)21-19-9-7-14(8-10-19)6-5-11-3-1-2-4-12(11)14/h1-6H,7-10H2/p+1. The zero-order valence-corrected chi connectivity index (χ0v) is 11.2. The van der Waals surface area contributed by atoms with Crippen LogP contribution in [0.5, 0.6) is 0 Å². The van der Waals surface area contributed by atoms with Crippen molar-refractivity contribution in [1.29, 1.82) is 0 Å². The van der Waals surface area contributed by atoms with Crippen LogP contribution < -0.4 is 5.06 Å². The second-order valence-electron chi connectivity index (χ2n) is 5.50. The van der Waals surface area contributed by atoms with E-state index in [1.54, 1.807) is 0 Å². The molecule has 0 bridgehead atoms. The summed E-state index contributed by atoms with van der Waals surface area (Å²) in [5.41, 5.74) is 2.25. The Kier molecular flexibility index (Phi) is 3.28. The van der Waals surface area contributed by atoms with Gasteiger partial charge >= 0.3 is 12.1 Å². The second kappa shape index (κ2) is 4.87. The van der Waals surface area contributed by atoms with Gasteiger partial charge in [0.2, 0.25) is 0 Å². The van der Waals surface area contributed by atoms with Crippen molar-refractivity contribution in [2.45, 2.75) is 24.4 Å². The van der Waals surface area contributed by atoms with Crippen LogP contribution in [0.3, 0.4) is 0 Å². The van der Waals surface area contributed by atoms with Crippen molar-refractivity contribution < 1.29 is 27.9 Å². The predicted octanol–water partition coefficient (Wildman–Crippen LogP) is 1.65. The lowest BCUT2D eigenvalue weighted by Crippen LogP contribution is -3.13. The fraction of sp³-hybridized carbons (Fsp3) is 0.400. The number of fused-ring (bicyclic) bond motifs is 2. The minimum absolute atomic E-state index is 0.120. The molecule has 1 aromatic carbocycles. The minimum atomic E-state index is -4.93. The maximum absolute atomic E-state index is 12.2. The molecule has 1 fully saturated rings. The van der Waals surface area contributed by atoms with Gasteiger partial charge in [0.1, 0.15) is 13.1 Å². The van der Waals surface area contributed by atoms with Gasteiger partial charge in [0.15, 0.2) is 0 Å². The average molecular weight is 298 g/mol. The Bertz CT molecular complexity index is 587. The first kappa shape index (κ1) is 14.1. The Morgan fingerprint density at radius 3 is 2.52 bits per heavy atom. The molecule has 1 heterocycles. The number of alkyl halides is 3. The molecule has 0 radical (unpaired) electrons. The molecule has 6 heteroatoms. The van der Waals surface area contributed by atoms with Gasteiger partial charge in [-0.1, -0.05) is 36.4 Å². The molecule has 1 N–H and O–H groups in total. The number of carbonyl (C=O) groups is 1. The number of hydroxylamine groups is 2. The van der Waals surface area contributed by atoms with Crippen molar-refractivity contribution in [2.24, 2.45) is 0 Å². The molecule has 0 amide bonds. The first-order valence-electron chi connectivity index (χ1n) is 6.83. The molecule has 21 heavy (non-hydrogen) atoms. The predicted molar refractivity (Wildman–Crippen MR) is 69.2 cm³/mol. The second-order valence-corrected chi connectivity index (χ2v) is 5.50. The van der Waals surface area contributed by atoms with E-state index < -0.39 is 12.1 Å². The summed E-state index contributed by atoms with van der Waals surface area (Å²) >= 11 is 0. The molecule has 1 aliphatic heterocycles. The minimum Gasteiger partial charge on any atom is -0.268 e. The largest absolute Gasteiger partial charge is 0.497 e. The van der Waals surface area contributed by atoms with Gasteiger partial charge in [-0.05, 0) is 11.1 Å². The van der Waals surface area contributed by atoms with E-state index >= 15 is 0 Å². The Balaban J connectivity index is 1.67. The third-order valence-electron chi connectivity index (χ3n) is 4.25. The molecule has 1 spiro atoms. The van der Waals surface area contributed by atoms with Crippen LogP contribution in [0.25, 0.3) is 6.08 Å². The molecule has 0 unspecified atom stereocenters. The summed E-state index contributed by atoms with van der Waals surface area (Å²) in [6.45, 7) is 0.751. The molecule has 1 saturated heterocycles. The zero-order valence-electron chi connectivity index (χ0n) is 11.2. The number of quaternary nitrogens is 1. The van der Waals surface area contributed by atoms with Crippen LogP contribution in [-0.4, -0.2) is 25.2 Å². The summed E-state index contributed by atoms with van der Waals surface area (Å²) in [7, 11) is 0. The van der Waals surface area contributed by atoms with E-state index in [0.717, 1.165) is 5.56 Å². The summed E-state index contributed by atoms with van der Waals surface area (Å²) in [6, 6.07) is 8.02. The van der Waals surface area contributed by atoms with Crippen molar-refractivity contribution >= 4 is 12.0 Å². The van der Waals surface area contributed by atoms with E-state index in [-0.39, 0.29) is 10.5 Å². The summed E-state index contributed by atoms with van der Waals surface area (Å²) < 4.78 is 36.6. The van der Waals surface area contributed by atoms with Gasteiger partial charge in [-0.15, -0.1) is 5.06 Å². The number of halogens is 3. The molecule has 3 rings (SSSR count). The highest BCUT2D eigenvalue weighted by atomic mass is 19.4. The number of nitrogens with one attached hydrogen (secondary N) is 1. The topological polar surface area (TPSA) is 30.7 Å². The van der Waals surface area contributed by atoms with Gasteiger partial charge in [0.05, 0.1) is 0 Å². The molecule has 3 nitrogen and oxygen atoms in total. The Morgan fingerprint density at radius 1 is 1.19 bits per heavy atom. The van der Waals surface area contributed by atoms with Crippen molar-refractivity contribution in [3.63, 3.8) is 0 Å². The number of hydrogen-bond donors (Lipinski definition) is 1. The van der Waals surface area contributed by atoms with Crippen LogP contribution >= 0.6 is 0 Å². The van der Waals surface area contributed by atoms with Crippen LogP contribution in [-0.2, 0) is 15.0 Å². The summed E-state index contributed by atoms with van der Waals surface area (Å²) in [4.78, 5) is 15.3. The number of allylic oxidation sites excluding steroid dienone is 1.